The molecule has 322 valence electrons. The summed E-state index contributed by atoms with van der Waals surface area (Å²) >= 11 is 0. The van der Waals surface area contributed by atoms with Crippen LogP contribution in [0.4, 0.5) is 26.3 Å². The van der Waals surface area contributed by atoms with E-state index in [0.29, 0.717) is 24.2 Å². The van der Waals surface area contributed by atoms with Crippen molar-refractivity contribution in [2.45, 2.75) is 38.5 Å². The first-order valence-electron chi connectivity index (χ1n) is 19.3. The van der Waals surface area contributed by atoms with E-state index in [9.17, 15) is 35.9 Å². The van der Waals surface area contributed by atoms with E-state index in [-0.39, 0.29) is 35.8 Å². The fraction of sp³-hybridized carbons (Fsp3) is 0.333. The first-order chi connectivity index (χ1) is 28.1. The van der Waals surface area contributed by atoms with E-state index < -0.39 is 23.5 Å². The molecule has 0 atom stereocenters. The molecule has 6 rings (SSSR count). The van der Waals surface area contributed by atoms with Crippen molar-refractivity contribution in [2.24, 2.45) is 0 Å². The molecule has 2 heterocycles. The summed E-state index contributed by atoms with van der Waals surface area (Å²) < 4.78 is 88.1. The molecule has 2 aliphatic rings. The second kappa shape index (κ2) is 22.9. The van der Waals surface area contributed by atoms with Crippen molar-refractivity contribution < 1.29 is 73.9 Å². The van der Waals surface area contributed by atoms with Gasteiger partial charge in [-0.2, -0.15) is 26.3 Å². The molecular formula is C45H49F6IN4O4. The fourth-order valence-corrected chi connectivity index (χ4v) is 6.40. The van der Waals surface area contributed by atoms with Crippen LogP contribution in [0.2, 0.25) is 0 Å². The molecule has 2 saturated heterocycles. The Balaban J connectivity index is 0.000000260. The minimum atomic E-state index is -4.40. The van der Waals surface area contributed by atoms with Crippen LogP contribution in [0.5, 0.6) is 0 Å². The monoisotopic (exact) mass is 950 g/mol. The van der Waals surface area contributed by atoms with Gasteiger partial charge < -0.3 is 48.6 Å². The largest absolute Gasteiger partial charge is 1.00 e. The fourth-order valence-electron chi connectivity index (χ4n) is 6.40. The number of amides is 2. The third kappa shape index (κ3) is 16.5. The first-order valence-corrected chi connectivity index (χ1v) is 19.3. The van der Waals surface area contributed by atoms with Crippen LogP contribution < -0.4 is 34.6 Å². The molecule has 2 fully saturated rings. The van der Waals surface area contributed by atoms with Gasteiger partial charge in [0.25, 0.3) is 0 Å². The summed E-state index contributed by atoms with van der Waals surface area (Å²) in [6.45, 7) is 9.46. The van der Waals surface area contributed by atoms with Crippen molar-refractivity contribution in [2.75, 3.05) is 59.7 Å². The number of hydrogen-bond donors (Lipinski definition) is 2. The number of morpholine rings is 2. The molecule has 0 unspecified atom stereocenters. The van der Waals surface area contributed by atoms with Gasteiger partial charge >= 0.3 is 12.4 Å². The highest BCUT2D eigenvalue weighted by molar-refractivity contribution is 5.92. The van der Waals surface area contributed by atoms with Gasteiger partial charge in [0.05, 0.1) is 44.6 Å². The second-order valence-electron chi connectivity index (χ2n) is 14.7. The molecule has 8 nitrogen and oxygen atoms in total. The van der Waals surface area contributed by atoms with Crippen molar-refractivity contribution in [3.8, 4) is 0 Å². The lowest BCUT2D eigenvalue weighted by Crippen LogP contribution is -3.00. The summed E-state index contributed by atoms with van der Waals surface area (Å²) in [6, 6.07) is 25.8. The van der Waals surface area contributed by atoms with Gasteiger partial charge in [-0.15, -0.1) is 0 Å². The van der Waals surface area contributed by atoms with Gasteiger partial charge in [-0.25, -0.2) is 0 Å². The predicted octanol–water partition coefficient (Wildman–Crippen LogP) is 4.88. The smallest absolute Gasteiger partial charge is 0.416 e. The molecule has 60 heavy (non-hydrogen) atoms. The number of halogens is 7. The normalized spacial score (nSPS) is 15.8. The number of hydrogen-bond acceptors (Lipinski definition) is 5. The minimum absolute atomic E-state index is 0. The molecule has 2 N–H and O–H groups in total. The van der Waals surface area contributed by atoms with Crippen molar-refractivity contribution in [3.05, 3.63) is 154 Å². The number of carbonyl (C=O) groups excluding carboxylic acids is 2. The van der Waals surface area contributed by atoms with Crippen molar-refractivity contribution >= 4 is 24.0 Å². The van der Waals surface area contributed by atoms with Gasteiger partial charge in [0.1, 0.15) is 19.6 Å². The highest BCUT2D eigenvalue weighted by Crippen LogP contribution is 2.30. The Hall–Kier alpha value is -4.55. The quantitative estimate of drug-likeness (QED) is 0.0918. The third-order valence-corrected chi connectivity index (χ3v) is 9.89. The van der Waals surface area contributed by atoms with Crippen molar-refractivity contribution in [1.82, 2.24) is 15.5 Å². The number of benzene rings is 4. The molecule has 0 aromatic heterocycles. The summed E-state index contributed by atoms with van der Waals surface area (Å²) in [6.07, 6.45) is -3.58. The zero-order valence-electron chi connectivity index (χ0n) is 33.2. The lowest BCUT2D eigenvalue weighted by atomic mass is 10.1. The van der Waals surface area contributed by atoms with Crippen LogP contribution in [-0.2, 0) is 57.6 Å². The average Bonchev–Trinajstić information content (AvgIpc) is 3.22. The van der Waals surface area contributed by atoms with Crippen LogP contribution in [0.1, 0.15) is 44.5 Å². The summed E-state index contributed by atoms with van der Waals surface area (Å²) in [7, 11) is 2.23. The molecule has 4 aromatic carbocycles. The number of rotatable bonds is 12. The average molecular weight is 951 g/mol. The second-order valence-corrected chi connectivity index (χ2v) is 14.7. The van der Waals surface area contributed by atoms with Gasteiger partial charge in [0.15, 0.2) is 0 Å². The van der Waals surface area contributed by atoms with E-state index in [1.807, 2.05) is 36.4 Å². The molecular weight excluding hydrogens is 901 g/mol. The minimum Gasteiger partial charge on any atom is -1.00 e. The molecule has 15 heteroatoms. The molecule has 2 amide bonds. The van der Waals surface area contributed by atoms with Crippen molar-refractivity contribution in [1.29, 1.82) is 0 Å². The number of nitrogens with zero attached hydrogens (tertiary/aromatic N) is 2. The van der Waals surface area contributed by atoms with E-state index in [0.717, 1.165) is 106 Å². The Morgan fingerprint density at radius 1 is 0.633 bits per heavy atom. The maximum absolute atomic E-state index is 12.7. The molecule has 0 spiro atoms. The number of ether oxygens (including phenoxy) is 2. The van der Waals surface area contributed by atoms with Crippen LogP contribution in [0.25, 0.3) is 12.2 Å². The van der Waals surface area contributed by atoms with Gasteiger partial charge in [-0.1, -0.05) is 72.8 Å². The molecule has 0 bridgehead atoms. The van der Waals surface area contributed by atoms with Crippen molar-refractivity contribution in [3.63, 3.8) is 0 Å². The Morgan fingerprint density at radius 3 is 1.50 bits per heavy atom. The summed E-state index contributed by atoms with van der Waals surface area (Å²) in [4.78, 5) is 26.3. The number of alkyl halides is 6. The van der Waals surface area contributed by atoms with Crippen LogP contribution in [-0.4, -0.2) is 80.9 Å². The van der Waals surface area contributed by atoms with Crippen LogP contribution in [0.3, 0.4) is 0 Å². The molecule has 0 aliphatic carbocycles. The standard InChI is InChI=1S/C23H25F3N2O2.C22H23F3N2O2.HI/c1-28(11-13-30-14-12-28)17-20-7-5-19(6-8-20)16-27-22(29)10-9-18-3-2-4-21(15-18)23(24,25)26;23-22(24,25)20-3-1-2-17(14-20)8-9-21(28)26-15-18-4-6-19(7-5-18)16-27-10-12-29-13-11-27;/h2-10,15H,11-14,16-17H2,1H3;1-9,14H,10-13,15-16H2,(H,26,28);1H/b10-9+;9-8+;. The Labute approximate surface area is 363 Å². The number of nitrogens with one attached hydrogen (secondary N) is 2. The van der Waals surface area contributed by atoms with E-state index >= 15 is 0 Å². The third-order valence-electron chi connectivity index (χ3n) is 9.89. The van der Waals surface area contributed by atoms with Crippen LogP contribution in [0.15, 0.2) is 109 Å². The van der Waals surface area contributed by atoms with Crippen LogP contribution >= 0.6 is 0 Å². The van der Waals surface area contributed by atoms with Crippen LogP contribution in [0, 0.1) is 0 Å². The lowest BCUT2D eigenvalue weighted by molar-refractivity contribution is -0.929. The molecule has 4 aromatic rings. The van der Waals surface area contributed by atoms with Gasteiger partial charge in [-0.05, 0) is 64.2 Å². The predicted molar refractivity (Wildman–Crippen MR) is 214 cm³/mol. The zero-order chi connectivity index (χ0) is 42.3. The van der Waals surface area contributed by atoms with Gasteiger partial charge in [-0.3, -0.25) is 14.5 Å². The SMILES string of the molecule is C[N+]1(Cc2ccc(CNC(=O)/C=C/c3cccc(C(F)(F)F)c3)cc2)CCOCC1.O=C(/C=C/c1cccc(C(F)(F)F)c1)NCc1ccc(CN2CCOCC2)cc1.[I-]. The molecule has 0 radical (unpaired) electrons. The Bertz CT molecular complexity index is 2030. The highest BCUT2D eigenvalue weighted by atomic mass is 127. The van der Waals surface area contributed by atoms with E-state index in [1.54, 1.807) is 0 Å². The summed E-state index contributed by atoms with van der Waals surface area (Å²) in [5, 5.41) is 5.49. The Morgan fingerprint density at radius 2 is 1.05 bits per heavy atom. The number of quaternary nitrogens is 1. The summed E-state index contributed by atoms with van der Waals surface area (Å²) in [5.41, 5.74) is 3.52. The van der Waals surface area contributed by atoms with Gasteiger partial charge in [0.2, 0.25) is 11.8 Å². The van der Waals surface area contributed by atoms with Gasteiger partial charge in [0, 0.05) is 50.4 Å². The summed E-state index contributed by atoms with van der Waals surface area (Å²) in [5.74, 6) is -0.720. The zero-order valence-corrected chi connectivity index (χ0v) is 35.4. The maximum atomic E-state index is 12.7. The first kappa shape index (κ1) is 48.1. The van der Waals surface area contributed by atoms with E-state index in [4.69, 9.17) is 9.47 Å². The number of likely N-dealkylation sites (N-methyl/N-ethyl adjacent to an activating group) is 1. The highest BCUT2D eigenvalue weighted by Gasteiger charge is 2.31. The number of carbonyl (C=O) groups is 2. The topological polar surface area (TPSA) is 79.9 Å². The lowest BCUT2D eigenvalue weighted by Gasteiger charge is -2.37. The molecule has 0 saturated carbocycles. The van der Waals surface area contributed by atoms with E-state index in [2.05, 4.69) is 34.7 Å². The van der Waals surface area contributed by atoms with E-state index in [1.165, 1.54) is 59.7 Å². The maximum Gasteiger partial charge on any atom is 0.416 e. The molecule has 2 aliphatic heterocycles. The Kier molecular flexibility index (Phi) is 18.4.